The van der Waals surface area contributed by atoms with Gasteiger partial charge in [-0.2, -0.15) is 0 Å². The zero-order chi connectivity index (χ0) is 22.9. The van der Waals surface area contributed by atoms with Gasteiger partial charge in [0.15, 0.2) is 10.6 Å². The van der Waals surface area contributed by atoms with E-state index in [1.807, 2.05) is 26.0 Å². The van der Waals surface area contributed by atoms with Crippen molar-refractivity contribution in [1.82, 2.24) is 4.98 Å². The zero-order valence-electron chi connectivity index (χ0n) is 17.8. The van der Waals surface area contributed by atoms with Crippen molar-refractivity contribution < 1.29 is 13.6 Å². The van der Waals surface area contributed by atoms with E-state index in [1.165, 1.54) is 28.4 Å². The van der Waals surface area contributed by atoms with Crippen LogP contribution in [0.4, 0.5) is 9.52 Å². The molecular formula is C26H17FN2O3S. The van der Waals surface area contributed by atoms with Gasteiger partial charge >= 0.3 is 0 Å². The lowest BCUT2D eigenvalue weighted by molar-refractivity contribution is 0.0971. The number of thiazole rings is 1. The molecule has 0 unspecified atom stereocenters. The van der Waals surface area contributed by atoms with Crippen molar-refractivity contribution in [2.75, 3.05) is 4.90 Å². The summed E-state index contributed by atoms with van der Waals surface area (Å²) in [6.07, 6.45) is 0. The molecule has 3 aromatic carbocycles. The molecule has 0 bridgehead atoms. The summed E-state index contributed by atoms with van der Waals surface area (Å²) >= 11 is 1.39. The van der Waals surface area contributed by atoms with Crippen molar-refractivity contribution in [3.8, 4) is 0 Å². The molecule has 0 fully saturated rings. The van der Waals surface area contributed by atoms with Crippen LogP contribution in [0, 0.1) is 19.7 Å². The van der Waals surface area contributed by atoms with Crippen LogP contribution >= 0.6 is 11.3 Å². The second kappa shape index (κ2) is 7.08. The second-order valence-corrected chi connectivity index (χ2v) is 9.23. The Labute approximate surface area is 191 Å². The van der Waals surface area contributed by atoms with E-state index in [0.29, 0.717) is 21.7 Å². The number of aryl methyl sites for hydroxylation is 2. The first-order valence-electron chi connectivity index (χ1n) is 10.4. The first-order valence-corrected chi connectivity index (χ1v) is 11.3. The smallest absolute Gasteiger partial charge is 0.297 e. The van der Waals surface area contributed by atoms with Crippen LogP contribution in [0.1, 0.15) is 38.9 Å². The number of hydrogen-bond acceptors (Lipinski definition) is 5. The van der Waals surface area contributed by atoms with E-state index in [2.05, 4.69) is 0 Å². The van der Waals surface area contributed by atoms with Crippen molar-refractivity contribution >= 4 is 43.6 Å². The summed E-state index contributed by atoms with van der Waals surface area (Å²) in [4.78, 5) is 33.5. The Balaban J connectivity index is 1.64. The molecule has 3 heterocycles. The first-order chi connectivity index (χ1) is 15.9. The maximum Gasteiger partial charge on any atom is 0.297 e. The number of para-hydroxylation sites is 1. The molecule has 162 valence electrons. The lowest BCUT2D eigenvalue weighted by atomic mass is 9.99. The van der Waals surface area contributed by atoms with Crippen molar-refractivity contribution in [1.29, 1.82) is 0 Å². The monoisotopic (exact) mass is 456 g/mol. The third-order valence-corrected chi connectivity index (χ3v) is 6.99. The minimum atomic E-state index is -0.768. The van der Waals surface area contributed by atoms with Crippen molar-refractivity contribution in [2.24, 2.45) is 0 Å². The van der Waals surface area contributed by atoms with Gasteiger partial charge in [0.1, 0.15) is 11.4 Å². The van der Waals surface area contributed by atoms with Gasteiger partial charge in [-0.15, -0.1) is 0 Å². The lowest BCUT2D eigenvalue weighted by Gasteiger charge is -2.22. The summed E-state index contributed by atoms with van der Waals surface area (Å²) in [5.74, 6) is -0.831. The number of rotatable bonds is 2. The molecule has 5 aromatic rings. The largest absolute Gasteiger partial charge is 0.450 e. The van der Waals surface area contributed by atoms with E-state index in [4.69, 9.17) is 9.40 Å². The molecule has 5 nitrogen and oxygen atoms in total. The summed E-state index contributed by atoms with van der Waals surface area (Å²) in [5, 5.41) is 0.863. The van der Waals surface area contributed by atoms with E-state index >= 15 is 0 Å². The fourth-order valence-corrected chi connectivity index (χ4v) is 5.71. The Morgan fingerprint density at radius 3 is 2.58 bits per heavy atom. The maximum absolute atomic E-state index is 13.7. The standard InChI is InChI=1S/C26H17FN2O3S/c1-13-11-14(2)21-19(12-13)33-26(28-21)29-22(15-7-9-16(27)10-8-15)20-23(30)17-5-3-4-6-18(17)32-24(20)25(29)31/h3-12,22H,1-2H3/t22-/m1/s1. The number of nitrogens with zero attached hydrogens (tertiary/aromatic N) is 2. The lowest BCUT2D eigenvalue weighted by Crippen LogP contribution is -2.29. The predicted molar refractivity (Wildman–Crippen MR) is 127 cm³/mol. The number of halogens is 1. The van der Waals surface area contributed by atoms with Gasteiger partial charge in [0, 0.05) is 0 Å². The summed E-state index contributed by atoms with van der Waals surface area (Å²) in [6.45, 7) is 3.99. The molecule has 2 aromatic heterocycles. The Morgan fingerprint density at radius 1 is 1.03 bits per heavy atom. The van der Waals surface area contributed by atoms with E-state index < -0.39 is 17.8 Å². The molecular weight excluding hydrogens is 439 g/mol. The van der Waals surface area contributed by atoms with E-state index in [-0.39, 0.29) is 16.8 Å². The third-order valence-electron chi connectivity index (χ3n) is 5.99. The summed E-state index contributed by atoms with van der Waals surface area (Å²) in [7, 11) is 0. The number of carbonyl (C=O) groups is 1. The number of aromatic nitrogens is 1. The minimum Gasteiger partial charge on any atom is -0.450 e. The molecule has 0 saturated carbocycles. The highest BCUT2D eigenvalue weighted by Gasteiger charge is 2.45. The van der Waals surface area contributed by atoms with Gasteiger partial charge in [0.05, 0.1) is 27.2 Å². The van der Waals surface area contributed by atoms with Crippen LogP contribution in [0.25, 0.3) is 21.2 Å². The van der Waals surface area contributed by atoms with Crippen molar-refractivity contribution in [3.63, 3.8) is 0 Å². The van der Waals surface area contributed by atoms with Crippen LogP contribution in [0.15, 0.2) is 69.9 Å². The Hall–Kier alpha value is -3.84. The molecule has 1 amide bonds. The van der Waals surface area contributed by atoms with Gasteiger partial charge in [-0.1, -0.05) is 41.7 Å². The molecule has 33 heavy (non-hydrogen) atoms. The molecule has 1 atom stereocenters. The maximum atomic E-state index is 13.7. The molecule has 0 saturated heterocycles. The van der Waals surface area contributed by atoms with Gasteiger partial charge in [-0.3, -0.25) is 14.5 Å². The van der Waals surface area contributed by atoms with Crippen LogP contribution in [-0.2, 0) is 0 Å². The summed E-state index contributed by atoms with van der Waals surface area (Å²) < 4.78 is 20.6. The fraction of sp³-hybridized carbons (Fsp3) is 0.115. The molecule has 0 radical (unpaired) electrons. The average Bonchev–Trinajstić information content (AvgIpc) is 3.34. The third kappa shape index (κ3) is 2.93. The predicted octanol–water partition coefficient (Wildman–Crippen LogP) is 5.91. The van der Waals surface area contributed by atoms with Crippen molar-refractivity contribution in [2.45, 2.75) is 19.9 Å². The zero-order valence-corrected chi connectivity index (χ0v) is 18.6. The quantitative estimate of drug-likeness (QED) is 0.331. The summed E-state index contributed by atoms with van der Waals surface area (Å²) in [6, 6.07) is 16.0. The molecule has 1 aliphatic rings. The van der Waals surface area contributed by atoms with Gasteiger partial charge < -0.3 is 4.42 Å². The summed E-state index contributed by atoms with van der Waals surface area (Å²) in [5.41, 5.74) is 3.86. The van der Waals surface area contributed by atoms with Crippen LogP contribution in [0.3, 0.4) is 0 Å². The highest BCUT2D eigenvalue weighted by Crippen LogP contribution is 2.44. The van der Waals surface area contributed by atoms with E-state index in [9.17, 15) is 14.0 Å². The van der Waals surface area contributed by atoms with Crippen molar-refractivity contribution in [3.05, 3.63) is 105 Å². The molecule has 0 aliphatic carbocycles. The number of hydrogen-bond donors (Lipinski definition) is 0. The highest BCUT2D eigenvalue weighted by atomic mass is 32.1. The average molecular weight is 456 g/mol. The number of amides is 1. The molecule has 1 aliphatic heterocycles. The highest BCUT2D eigenvalue weighted by molar-refractivity contribution is 7.22. The normalized spacial score (nSPS) is 15.5. The SMILES string of the molecule is Cc1cc(C)c2nc(N3C(=O)c4oc5ccccc5c(=O)c4[C@H]3c3ccc(F)cc3)sc2c1. The Kier molecular flexibility index (Phi) is 4.25. The Morgan fingerprint density at radius 2 is 1.79 bits per heavy atom. The molecule has 7 heteroatoms. The van der Waals surface area contributed by atoms with Crippen LogP contribution in [-0.4, -0.2) is 10.9 Å². The number of anilines is 1. The number of fused-ring (bicyclic) bond motifs is 3. The van der Waals surface area contributed by atoms with Gasteiger partial charge in [-0.05, 0) is 60.9 Å². The van der Waals surface area contributed by atoms with Gasteiger partial charge in [0.2, 0.25) is 5.76 Å². The van der Waals surface area contributed by atoms with Crippen LogP contribution in [0.2, 0.25) is 0 Å². The van der Waals surface area contributed by atoms with Crippen LogP contribution < -0.4 is 10.3 Å². The molecule has 0 spiro atoms. The fourth-order valence-electron chi connectivity index (χ4n) is 4.54. The van der Waals surface area contributed by atoms with E-state index in [0.717, 1.165) is 21.3 Å². The van der Waals surface area contributed by atoms with Crippen LogP contribution in [0.5, 0.6) is 0 Å². The number of benzene rings is 3. The molecule has 0 N–H and O–H groups in total. The Bertz CT molecular complexity index is 1650. The minimum absolute atomic E-state index is 0.000170. The number of carbonyl (C=O) groups excluding carboxylic acids is 1. The van der Waals surface area contributed by atoms with Gasteiger partial charge in [0.25, 0.3) is 5.91 Å². The topological polar surface area (TPSA) is 63.4 Å². The van der Waals surface area contributed by atoms with E-state index in [1.54, 1.807) is 36.4 Å². The molecule has 6 rings (SSSR count). The second-order valence-electron chi connectivity index (χ2n) is 8.22. The first kappa shape index (κ1) is 19.8. The van der Waals surface area contributed by atoms with Gasteiger partial charge in [-0.25, -0.2) is 9.37 Å².